The molecule has 5 aliphatic rings. The van der Waals surface area contributed by atoms with Crippen LogP contribution < -0.4 is 14.8 Å². The van der Waals surface area contributed by atoms with Gasteiger partial charge in [-0.15, -0.1) is 11.8 Å². The highest BCUT2D eigenvalue weighted by atomic mass is 16.5. The summed E-state index contributed by atoms with van der Waals surface area (Å²) in [6.07, 6.45) is 6.45. The van der Waals surface area contributed by atoms with E-state index in [2.05, 4.69) is 34.0 Å². The molecule has 3 aliphatic carbocycles. The molecule has 1 aromatic heterocycles. The molecule has 1 N–H and O–H groups in total. The Labute approximate surface area is 385 Å². The molecule has 3 aromatic rings. The summed E-state index contributed by atoms with van der Waals surface area (Å²) in [7, 11) is 1.50. The summed E-state index contributed by atoms with van der Waals surface area (Å²) in [5, 5.41) is 2.39. The van der Waals surface area contributed by atoms with Gasteiger partial charge in [0.15, 0.2) is 0 Å². The number of ether oxygens (including phenoxy) is 2. The highest BCUT2D eigenvalue weighted by Crippen LogP contribution is 2.50. The lowest BCUT2D eigenvalue weighted by Gasteiger charge is -2.45. The van der Waals surface area contributed by atoms with Gasteiger partial charge in [0.05, 0.1) is 13.7 Å². The lowest BCUT2D eigenvalue weighted by molar-refractivity contribution is -0.141. The van der Waals surface area contributed by atoms with Crippen molar-refractivity contribution in [3.05, 3.63) is 87.7 Å². The minimum absolute atomic E-state index is 0.0677. The minimum atomic E-state index is -1.09. The number of likely N-dealkylation sites (tertiary alicyclic amines) is 2. The number of amides is 4. The SMILES string of the molecule is CC#Cc1cc(C)c(C2C(=O)CC3(CCN(C(=O)C4CC4)CC3)CC2=O)c(OCCc2cc(C#CC)cc(OC)c2C2C(=O)CC3(CCN(C(=O)NC(=O)c4ccccn4)CC3)CC2=O)c1. The second-order valence-corrected chi connectivity index (χ2v) is 18.8. The largest absolute Gasteiger partial charge is 0.496 e. The van der Waals surface area contributed by atoms with Crippen molar-refractivity contribution in [3.8, 4) is 35.2 Å². The highest BCUT2D eigenvalue weighted by molar-refractivity contribution is 6.12. The fraction of sp³-hybridized carbons (Fsp3) is 0.472. The first-order valence-electron chi connectivity index (χ1n) is 23.0. The van der Waals surface area contributed by atoms with Crippen molar-refractivity contribution >= 4 is 41.0 Å². The maximum absolute atomic E-state index is 14.4. The van der Waals surface area contributed by atoms with Gasteiger partial charge in [-0.3, -0.25) is 39.1 Å². The summed E-state index contributed by atoms with van der Waals surface area (Å²) in [6, 6.07) is 11.5. The first-order valence-corrected chi connectivity index (χ1v) is 23.0. The first-order chi connectivity index (χ1) is 31.8. The standard InChI is InChI=1S/C53H56N4O9/c1-5-9-34-25-33(3)45(47-39(58)29-52(30-40(47)59)15-20-56(21-16-52)50(63)36-12-13-36)44(28-34)66-24-14-37-26-35(10-6-2)27-43(65-4)46(37)48-41(60)31-53(32-42(48)61)17-22-57(23-18-53)51(64)55-49(62)38-11-7-8-19-54-38/h7-8,11,19,25-28,36,47-48H,12-18,20-24,29-32H2,1-4H3,(H,55,62,64). The normalized spacial score (nSPS) is 20.3. The van der Waals surface area contributed by atoms with Crippen LogP contribution >= 0.6 is 0 Å². The second kappa shape index (κ2) is 19.1. The van der Waals surface area contributed by atoms with E-state index in [4.69, 9.17) is 9.47 Å². The van der Waals surface area contributed by atoms with E-state index in [1.54, 1.807) is 38.1 Å². The van der Waals surface area contributed by atoms with Gasteiger partial charge in [0.2, 0.25) is 5.91 Å². The van der Waals surface area contributed by atoms with Crippen molar-refractivity contribution in [1.82, 2.24) is 20.1 Å². The Kier molecular flexibility index (Phi) is 13.3. The molecule has 2 aromatic carbocycles. The second-order valence-electron chi connectivity index (χ2n) is 18.8. The van der Waals surface area contributed by atoms with Gasteiger partial charge >= 0.3 is 6.03 Å². The summed E-state index contributed by atoms with van der Waals surface area (Å²) in [5.74, 6) is 9.63. The molecule has 0 unspecified atom stereocenters. The maximum Gasteiger partial charge on any atom is 0.324 e. The van der Waals surface area contributed by atoms with E-state index in [9.17, 15) is 33.6 Å². The van der Waals surface area contributed by atoms with E-state index >= 15 is 0 Å². The topological polar surface area (TPSA) is 169 Å². The minimum Gasteiger partial charge on any atom is -0.496 e. The number of aromatic nitrogens is 1. The fourth-order valence-corrected chi connectivity index (χ4v) is 10.8. The van der Waals surface area contributed by atoms with Crippen molar-refractivity contribution < 1.29 is 43.0 Å². The molecule has 13 heteroatoms. The van der Waals surface area contributed by atoms with Crippen LogP contribution in [0.15, 0.2) is 48.7 Å². The first kappa shape index (κ1) is 45.9. The number of hydrogen-bond acceptors (Lipinski definition) is 10. The molecular weight excluding hydrogens is 837 g/mol. The number of piperidine rings is 2. The molecule has 0 bridgehead atoms. The predicted molar refractivity (Wildman–Crippen MR) is 244 cm³/mol. The number of nitrogens with zero attached hydrogens (tertiary/aromatic N) is 3. The molecule has 342 valence electrons. The summed E-state index contributed by atoms with van der Waals surface area (Å²) >= 11 is 0. The molecule has 3 saturated carbocycles. The molecule has 2 aliphatic heterocycles. The molecular formula is C53H56N4O9. The Hall–Kier alpha value is -6.60. The lowest BCUT2D eigenvalue weighted by Crippen LogP contribution is -2.51. The highest BCUT2D eigenvalue weighted by Gasteiger charge is 2.50. The van der Waals surface area contributed by atoms with Crippen molar-refractivity contribution in [2.24, 2.45) is 16.7 Å². The number of rotatable bonds is 9. The molecule has 2 spiro atoms. The van der Waals surface area contributed by atoms with E-state index in [0.717, 1.165) is 18.4 Å². The number of carbonyl (C=O) groups excluding carboxylic acids is 7. The monoisotopic (exact) mass is 892 g/mol. The molecule has 0 radical (unpaired) electrons. The molecule has 2 saturated heterocycles. The zero-order valence-electron chi connectivity index (χ0n) is 38.2. The molecule has 8 rings (SSSR count). The quantitative estimate of drug-likeness (QED) is 0.186. The van der Waals surface area contributed by atoms with Crippen LogP contribution in [-0.4, -0.2) is 95.7 Å². The van der Waals surface area contributed by atoms with Gasteiger partial charge in [-0.25, -0.2) is 4.79 Å². The van der Waals surface area contributed by atoms with Gasteiger partial charge < -0.3 is 19.3 Å². The van der Waals surface area contributed by atoms with Crippen LogP contribution in [0, 0.1) is 47.4 Å². The number of methoxy groups -OCH3 is 1. The van der Waals surface area contributed by atoms with Crippen LogP contribution in [0.25, 0.3) is 0 Å². The van der Waals surface area contributed by atoms with Crippen LogP contribution in [0.4, 0.5) is 4.79 Å². The third-order valence-electron chi connectivity index (χ3n) is 14.3. The Balaban J connectivity index is 0.990. The van der Waals surface area contributed by atoms with E-state index in [1.165, 1.54) is 24.3 Å². The molecule has 4 amide bonds. The Morgan fingerprint density at radius 2 is 1.29 bits per heavy atom. The van der Waals surface area contributed by atoms with Gasteiger partial charge in [-0.05, 0) is 118 Å². The van der Waals surface area contributed by atoms with Crippen LogP contribution in [-0.2, 0) is 30.4 Å². The van der Waals surface area contributed by atoms with Gasteiger partial charge in [-0.1, -0.05) is 17.9 Å². The number of carbonyl (C=O) groups is 7. The zero-order chi connectivity index (χ0) is 46.8. The van der Waals surface area contributed by atoms with Crippen molar-refractivity contribution in [3.63, 3.8) is 0 Å². The average Bonchev–Trinajstić information content (AvgIpc) is 4.14. The van der Waals surface area contributed by atoms with Crippen molar-refractivity contribution in [2.45, 2.75) is 103 Å². The number of pyridine rings is 1. The third kappa shape index (κ3) is 9.53. The average molecular weight is 893 g/mol. The molecule has 3 heterocycles. The third-order valence-corrected chi connectivity index (χ3v) is 14.3. The van der Waals surface area contributed by atoms with Gasteiger partial charge in [0.25, 0.3) is 5.91 Å². The predicted octanol–water partition coefficient (Wildman–Crippen LogP) is 6.45. The van der Waals surface area contributed by atoms with Crippen molar-refractivity contribution in [2.75, 3.05) is 39.9 Å². The number of nitrogens with one attached hydrogen (secondary N) is 1. The van der Waals surface area contributed by atoms with Crippen LogP contribution in [0.3, 0.4) is 0 Å². The number of Topliss-reactive ketones (excluding diaryl/α,β-unsaturated/α-hetero) is 4. The Bertz CT molecular complexity index is 2570. The molecule has 66 heavy (non-hydrogen) atoms. The molecule has 5 fully saturated rings. The lowest BCUT2D eigenvalue weighted by atomic mass is 9.63. The van der Waals surface area contributed by atoms with Crippen molar-refractivity contribution in [1.29, 1.82) is 0 Å². The number of urea groups is 1. The summed E-state index contributed by atoms with van der Waals surface area (Å²) in [6.45, 7) is 7.05. The smallest absolute Gasteiger partial charge is 0.324 e. The number of benzene rings is 2. The fourth-order valence-electron chi connectivity index (χ4n) is 10.8. The zero-order valence-corrected chi connectivity index (χ0v) is 38.2. The van der Waals surface area contributed by atoms with E-state index in [-0.39, 0.29) is 92.5 Å². The number of imide groups is 1. The number of aryl methyl sites for hydroxylation is 1. The Morgan fingerprint density at radius 3 is 1.82 bits per heavy atom. The van der Waals surface area contributed by atoms with E-state index in [1.807, 2.05) is 24.0 Å². The molecule has 0 atom stereocenters. The number of hydrogen-bond donors (Lipinski definition) is 1. The summed E-state index contributed by atoms with van der Waals surface area (Å²) < 4.78 is 12.5. The summed E-state index contributed by atoms with van der Waals surface area (Å²) in [4.78, 5) is 103. The van der Waals surface area contributed by atoms with Gasteiger partial charge in [-0.2, -0.15) is 0 Å². The van der Waals surface area contributed by atoms with E-state index < -0.39 is 34.6 Å². The number of ketones is 4. The van der Waals surface area contributed by atoms with Crippen LogP contribution in [0.2, 0.25) is 0 Å². The van der Waals surface area contributed by atoms with Gasteiger partial charge in [0, 0.05) is 92.7 Å². The van der Waals surface area contributed by atoms with Crippen LogP contribution in [0.5, 0.6) is 11.5 Å². The van der Waals surface area contributed by atoms with Crippen LogP contribution in [0.1, 0.15) is 134 Å². The van der Waals surface area contributed by atoms with E-state index in [0.29, 0.717) is 78.1 Å². The molecule has 13 nitrogen and oxygen atoms in total. The van der Waals surface area contributed by atoms with Gasteiger partial charge in [0.1, 0.15) is 52.2 Å². The Morgan fingerprint density at radius 1 is 0.742 bits per heavy atom. The maximum atomic E-state index is 14.4. The summed E-state index contributed by atoms with van der Waals surface area (Å²) in [5.41, 5.74) is 2.71.